The van der Waals surface area contributed by atoms with E-state index in [0.717, 1.165) is 43.8 Å². The predicted octanol–water partition coefficient (Wildman–Crippen LogP) is 2.45. The lowest BCUT2D eigenvalue weighted by Crippen LogP contribution is -2.55. The summed E-state index contributed by atoms with van der Waals surface area (Å²) in [5, 5.41) is 23.3. The largest absolute Gasteiger partial charge is 0.468 e. The van der Waals surface area contributed by atoms with Gasteiger partial charge in [0.2, 0.25) is 0 Å². The first-order chi connectivity index (χ1) is 21.2. The van der Waals surface area contributed by atoms with E-state index in [4.69, 9.17) is 9.47 Å². The number of anilines is 1. The molecule has 0 saturated carbocycles. The first kappa shape index (κ1) is 31.3. The highest BCUT2D eigenvalue weighted by Crippen LogP contribution is 2.35. The van der Waals surface area contributed by atoms with Gasteiger partial charge in [0.05, 0.1) is 48.9 Å². The lowest BCUT2D eigenvalue weighted by Gasteiger charge is -2.40. The normalized spacial score (nSPS) is 24.5. The first-order valence-electron chi connectivity index (χ1n) is 14.5. The Balaban J connectivity index is 1.29. The number of hydrogen-bond acceptors (Lipinski definition) is 9. The van der Waals surface area contributed by atoms with Crippen LogP contribution in [0.2, 0.25) is 0 Å². The number of nitrogens with zero attached hydrogens (tertiary/aromatic N) is 5. The van der Waals surface area contributed by atoms with Crippen LogP contribution in [0, 0.1) is 28.9 Å². The number of carbonyl (C=O) groups is 2. The van der Waals surface area contributed by atoms with Gasteiger partial charge in [-0.3, -0.25) is 19.6 Å². The standard InChI is InChI=1S/C31H36F2N6O5/c1-43-17-25-28(30(41)44-2)29(19-7-8-22(32)23(33)13-19)39(18-35-25)31(42)36-24-15-38(16-27(24)40)21-9-11-37(12-10-21)26-6-4-3-5-20(26)14-34/h3-8,13,21,24,27-29,40H,9-12,15-18H2,1-2H3,(H,36,42). The number of halogens is 2. The molecule has 0 aromatic heterocycles. The molecular weight excluding hydrogens is 574 g/mol. The third-order valence-electron chi connectivity index (χ3n) is 8.70. The minimum atomic E-state index is -1.12. The molecule has 0 bridgehead atoms. The Labute approximate surface area is 254 Å². The Morgan fingerprint density at radius 2 is 1.86 bits per heavy atom. The van der Waals surface area contributed by atoms with Gasteiger partial charge in [-0.05, 0) is 42.7 Å². The first-order valence-corrected chi connectivity index (χ1v) is 14.5. The molecule has 5 rings (SSSR count). The number of esters is 1. The van der Waals surface area contributed by atoms with E-state index < -0.39 is 47.7 Å². The highest BCUT2D eigenvalue weighted by Gasteiger charge is 2.45. The van der Waals surface area contributed by atoms with Gasteiger partial charge in [0, 0.05) is 39.3 Å². The summed E-state index contributed by atoms with van der Waals surface area (Å²) in [7, 11) is 2.63. The van der Waals surface area contributed by atoms with Gasteiger partial charge < -0.3 is 24.8 Å². The lowest BCUT2D eigenvalue weighted by atomic mass is 9.86. The number of aliphatic hydroxyl groups is 1. The van der Waals surface area contributed by atoms with Crippen LogP contribution in [0.5, 0.6) is 0 Å². The molecule has 0 aliphatic carbocycles. The Morgan fingerprint density at radius 1 is 1.11 bits per heavy atom. The molecule has 2 saturated heterocycles. The number of β-amino-alcohol motifs (C(OH)–C–C–N with tert-alkyl or cyclic N) is 1. The molecule has 2 aromatic rings. The number of carbonyl (C=O) groups excluding carboxylic acids is 2. The van der Waals surface area contributed by atoms with Crippen molar-refractivity contribution in [2.24, 2.45) is 10.9 Å². The van der Waals surface area contributed by atoms with E-state index in [9.17, 15) is 28.7 Å². The number of aliphatic imine (C=N–C) groups is 1. The zero-order valence-corrected chi connectivity index (χ0v) is 24.7. The van der Waals surface area contributed by atoms with Gasteiger partial charge in [-0.1, -0.05) is 18.2 Å². The number of methoxy groups -OCH3 is 2. The highest BCUT2D eigenvalue weighted by atomic mass is 19.2. The van der Waals surface area contributed by atoms with Gasteiger partial charge in [0.25, 0.3) is 0 Å². The summed E-state index contributed by atoms with van der Waals surface area (Å²) in [4.78, 5) is 36.7. The number of benzene rings is 2. The summed E-state index contributed by atoms with van der Waals surface area (Å²) in [6.45, 7) is 2.11. The van der Waals surface area contributed by atoms with Crippen LogP contribution in [0.25, 0.3) is 0 Å². The van der Waals surface area contributed by atoms with Crippen LogP contribution in [0.3, 0.4) is 0 Å². The van der Waals surface area contributed by atoms with Gasteiger partial charge in [-0.15, -0.1) is 0 Å². The number of ether oxygens (including phenoxy) is 2. The second-order valence-corrected chi connectivity index (χ2v) is 11.2. The summed E-state index contributed by atoms with van der Waals surface area (Å²) < 4.78 is 38.4. The molecule has 3 heterocycles. The zero-order chi connectivity index (χ0) is 31.4. The highest BCUT2D eigenvalue weighted by molar-refractivity contribution is 6.04. The quantitative estimate of drug-likeness (QED) is 0.458. The molecule has 2 amide bonds. The lowest BCUT2D eigenvalue weighted by molar-refractivity contribution is -0.145. The Bertz CT molecular complexity index is 1440. The predicted molar refractivity (Wildman–Crippen MR) is 157 cm³/mol. The van der Waals surface area contributed by atoms with Crippen LogP contribution in [0.4, 0.5) is 19.3 Å². The number of rotatable bonds is 7. The van der Waals surface area contributed by atoms with E-state index in [0.29, 0.717) is 24.4 Å². The molecule has 234 valence electrons. The van der Waals surface area contributed by atoms with Crippen LogP contribution < -0.4 is 10.2 Å². The number of urea groups is 1. The number of piperidine rings is 1. The smallest absolute Gasteiger partial charge is 0.319 e. The van der Waals surface area contributed by atoms with Crippen molar-refractivity contribution in [2.45, 2.75) is 37.1 Å². The SMILES string of the molecule is COCC1=NCN(C(=O)NC2CN(C3CCN(c4ccccc4C#N)CC3)CC2O)C(c2ccc(F)c(F)c2)C1C(=O)OC. The topological polar surface area (TPSA) is 131 Å². The average molecular weight is 611 g/mol. The van der Waals surface area contributed by atoms with Crippen molar-refractivity contribution in [1.82, 2.24) is 15.1 Å². The summed E-state index contributed by atoms with van der Waals surface area (Å²) in [6.07, 6.45) is 0.816. The number of amides is 2. The molecule has 13 heteroatoms. The maximum absolute atomic E-state index is 14.4. The molecule has 4 atom stereocenters. The van der Waals surface area contributed by atoms with E-state index in [1.807, 2.05) is 24.3 Å². The third kappa shape index (κ3) is 6.38. The molecule has 11 nitrogen and oxygen atoms in total. The van der Waals surface area contributed by atoms with Crippen LogP contribution in [0.1, 0.15) is 30.0 Å². The minimum absolute atomic E-state index is 0.0212. The molecule has 2 fully saturated rings. The maximum atomic E-state index is 14.4. The third-order valence-corrected chi connectivity index (χ3v) is 8.70. The van der Waals surface area contributed by atoms with Gasteiger partial charge in [-0.2, -0.15) is 5.26 Å². The number of likely N-dealkylation sites (tertiary alicyclic amines) is 1. The second-order valence-electron chi connectivity index (χ2n) is 11.2. The fourth-order valence-electron chi connectivity index (χ4n) is 6.46. The minimum Gasteiger partial charge on any atom is -0.468 e. The Kier molecular flexibility index (Phi) is 9.73. The fraction of sp³-hybridized carbons (Fsp3) is 0.484. The van der Waals surface area contributed by atoms with Crippen LogP contribution in [-0.4, -0.2) is 104 Å². The monoisotopic (exact) mass is 610 g/mol. The number of para-hydroxylation sites is 1. The Morgan fingerprint density at radius 3 is 2.55 bits per heavy atom. The van der Waals surface area contributed by atoms with Crippen molar-refractivity contribution < 1.29 is 33.0 Å². The molecule has 3 aliphatic rings. The van der Waals surface area contributed by atoms with Crippen molar-refractivity contribution in [2.75, 3.05) is 58.6 Å². The summed E-state index contributed by atoms with van der Waals surface area (Å²) >= 11 is 0. The molecule has 44 heavy (non-hydrogen) atoms. The summed E-state index contributed by atoms with van der Waals surface area (Å²) in [5.74, 6) is -4.00. The molecule has 3 aliphatic heterocycles. The van der Waals surface area contributed by atoms with Crippen molar-refractivity contribution >= 4 is 23.4 Å². The number of aliphatic hydroxyl groups excluding tert-OH is 1. The Hall–Kier alpha value is -4.12. The van der Waals surface area contributed by atoms with Gasteiger partial charge in [0.15, 0.2) is 11.6 Å². The summed E-state index contributed by atoms with van der Waals surface area (Å²) in [6, 6.07) is 10.9. The number of hydrogen-bond donors (Lipinski definition) is 2. The van der Waals surface area contributed by atoms with Gasteiger partial charge >= 0.3 is 12.0 Å². The van der Waals surface area contributed by atoms with Crippen molar-refractivity contribution in [3.63, 3.8) is 0 Å². The number of nitrogens with one attached hydrogen (secondary N) is 1. The van der Waals surface area contributed by atoms with Crippen molar-refractivity contribution in [1.29, 1.82) is 5.26 Å². The van der Waals surface area contributed by atoms with Crippen LogP contribution in [-0.2, 0) is 14.3 Å². The average Bonchev–Trinajstić information content (AvgIpc) is 3.41. The van der Waals surface area contributed by atoms with E-state index in [2.05, 4.69) is 26.2 Å². The fourth-order valence-corrected chi connectivity index (χ4v) is 6.46. The molecule has 0 radical (unpaired) electrons. The van der Waals surface area contributed by atoms with E-state index in [1.165, 1.54) is 25.2 Å². The van der Waals surface area contributed by atoms with Gasteiger partial charge in [0.1, 0.15) is 18.7 Å². The van der Waals surface area contributed by atoms with Crippen LogP contribution >= 0.6 is 0 Å². The van der Waals surface area contributed by atoms with Gasteiger partial charge in [-0.25, -0.2) is 13.6 Å². The van der Waals surface area contributed by atoms with E-state index in [1.54, 1.807) is 0 Å². The van der Waals surface area contributed by atoms with E-state index in [-0.39, 0.29) is 24.9 Å². The molecule has 2 aromatic carbocycles. The molecule has 0 spiro atoms. The van der Waals surface area contributed by atoms with Crippen LogP contribution in [0.15, 0.2) is 47.5 Å². The molecular formula is C31H36F2N6O5. The van der Waals surface area contributed by atoms with Crippen molar-refractivity contribution in [3.05, 3.63) is 65.2 Å². The zero-order valence-electron chi connectivity index (χ0n) is 24.7. The van der Waals surface area contributed by atoms with E-state index >= 15 is 0 Å². The molecule has 4 unspecified atom stereocenters. The van der Waals surface area contributed by atoms with Crippen molar-refractivity contribution in [3.8, 4) is 6.07 Å². The second kappa shape index (κ2) is 13.7. The number of nitriles is 1. The maximum Gasteiger partial charge on any atom is 0.319 e. The molecule has 2 N–H and O–H groups in total. The summed E-state index contributed by atoms with van der Waals surface area (Å²) in [5.41, 5.74) is 2.06.